The van der Waals surface area contributed by atoms with Crippen LogP contribution in [0.25, 0.3) is 0 Å². The molecule has 0 aromatic carbocycles. The van der Waals surface area contributed by atoms with E-state index in [1.165, 1.54) is 12.8 Å². The second kappa shape index (κ2) is 3.21. The summed E-state index contributed by atoms with van der Waals surface area (Å²) in [7, 11) is 0. The highest BCUT2D eigenvalue weighted by Crippen LogP contribution is 2.55. The van der Waals surface area contributed by atoms with E-state index in [0.29, 0.717) is 5.41 Å². The molecule has 15 heavy (non-hydrogen) atoms. The van der Waals surface area contributed by atoms with Gasteiger partial charge in [0, 0.05) is 13.1 Å². The van der Waals surface area contributed by atoms with Gasteiger partial charge >= 0.3 is 5.97 Å². The summed E-state index contributed by atoms with van der Waals surface area (Å²) in [4.78, 5) is 13.3. The van der Waals surface area contributed by atoms with E-state index in [2.05, 4.69) is 25.7 Å². The molecule has 1 heterocycles. The van der Waals surface area contributed by atoms with Crippen LogP contribution in [0, 0.1) is 10.8 Å². The summed E-state index contributed by atoms with van der Waals surface area (Å²) in [5, 5.41) is 9.20. The minimum atomic E-state index is -0.636. The summed E-state index contributed by atoms with van der Waals surface area (Å²) in [5.74, 6) is -0.636. The first-order valence-corrected chi connectivity index (χ1v) is 5.78. The van der Waals surface area contributed by atoms with E-state index in [1.807, 2.05) is 0 Å². The molecule has 2 rings (SSSR count). The zero-order valence-electron chi connectivity index (χ0n) is 9.92. The van der Waals surface area contributed by atoms with Crippen LogP contribution in [0.3, 0.4) is 0 Å². The van der Waals surface area contributed by atoms with Crippen LogP contribution >= 0.6 is 0 Å². The minimum absolute atomic E-state index is 0.189. The van der Waals surface area contributed by atoms with E-state index < -0.39 is 5.97 Å². The molecule has 1 unspecified atom stereocenters. The Morgan fingerprint density at radius 1 is 1.47 bits per heavy atom. The quantitative estimate of drug-likeness (QED) is 0.759. The maximum Gasteiger partial charge on any atom is 0.320 e. The minimum Gasteiger partial charge on any atom is -0.480 e. The monoisotopic (exact) mass is 211 g/mol. The zero-order valence-corrected chi connectivity index (χ0v) is 9.92. The number of likely N-dealkylation sites (tertiary alicyclic amines) is 1. The molecule has 1 saturated carbocycles. The molecule has 2 fully saturated rings. The molecule has 1 saturated heterocycles. The van der Waals surface area contributed by atoms with Crippen molar-refractivity contribution in [2.45, 2.75) is 46.1 Å². The van der Waals surface area contributed by atoms with Crippen LogP contribution in [0.1, 0.15) is 40.0 Å². The van der Waals surface area contributed by atoms with Crippen molar-refractivity contribution >= 4 is 5.97 Å². The van der Waals surface area contributed by atoms with Gasteiger partial charge < -0.3 is 5.11 Å². The molecule has 86 valence electrons. The molecule has 0 amide bonds. The van der Waals surface area contributed by atoms with Gasteiger partial charge in [0.25, 0.3) is 0 Å². The molecule has 2 aliphatic rings. The second-order valence-electron chi connectivity index (χ2n) is 6.52. The molecule has 0 aromatic heterocycles. The number of hydrogen-bond donors (Lipinski definition) is 1. The van der Waals surface area contributed by atoms with Crippen molar-refractivity contribution in [3.05, 3.63) is 0 Å². The maximum absolute atomic E-state index is 11.2. The first-order chi connectivity index (χ1) is 6.81. The highest BCUT2D eigenvalue weighted by atomic mass is 16.4. The lowest BCUT2D eigenvalue weighted by Crippen LogP contribution is -2.40. The fourth-order valence-electron chi connectivity index (χ4n) is 2.70. The summed E-state index contributed by atoms with van der Waals surface area (Å²) >= 11 is 0. The van der Waals surface area contributed by atoms with Gasteiger partial charge in [-0.1, -0.05) is 20.8 Å². The Morgan fingerprint density at radius 2 is 2.07 bits per heavy atom. The topological polar surface area (TPSA) is 40.5 Å². The molecule has 3 nitrogen and oxygen atoms in total. The number of carboxylic acids is 1. The first kappa shape index (κ1) is 10.9. The predicted octanol–water partition coefficient (Wildman–Crippen LogP) is 1.97. The van der Waals surface area contributed by atoms with Crippen LogP contribution in [0.4, 0.5) is 0 Å². The predicted molar refractivity (Wildman–Crippen MR) is 58.7 cm³/mol. The lowest BCUT2D eigenvalue weighted by atomic mass is 9.96. The van der Waals surface area contributed by atoms with E-state index >= 15 is 0 Å². The normalized spacial score (nSPS) is 29.7. The van der Waals surface area contributed by atoms with Crippen molar-refractivity contribution in [2.24, 2.45) is 10.8 Å². The molecule has 1 atom stereocenters. The van der Waals surface area contributed by atoms with E-state index in [4.69, 9.17) is 0 Å². The van der Waals surface area contributed by atoms with Crippen molar-refractivity contribution in [3.8, 4) is 0 Å². The van der Waals surface area contributed by atoms with Crippen molar-refractivity contribution in [3.63, 3.8) is 0 Å². The zero-order chi connectivity index (χ0) is 11.3. The summed E-state index contributed by atoms with van der Waals surface area (Å²) < 4.78 is 0. The molecule has 1 N–H and O–H groups in total. The molecule has 0 bridgehead atoms. The Morgan fingerprint density at radius 3 is 2.47 bits per heavy atom. The fourth-order valence-corrected chi connectivity index (χ4v) is 2.70. The van der Waals surface area contributed by atoms with Gasteiger partial charge in [0.1, 0.15) is 6.04 Å². The SMILES string of the molecule is CC(C)(C)CN1CC2(CC2)CC1C(=O)O. The van der Waals surface area contributed by atoms with Crippen molar-refractivity contribution in [2.75, 3.05) is 13.1 Å². The summed E-state index contributed by atoms with van der Waals surface area (Å²) in [6.07, 6.45) is 3.34. The summed E-state index contributed by atoms with van der Waals surface area (Å²) in [5.41, 5.74) is 0.572. The third-order valence-corrected chi connectivity index (χ3v) is 3.53. The largest absolute Gasteiger partial charge is 0.480 e. The lowest BCUT2D eigenvalue weighted by molar-refractivity contribution is -0.142. The van der Waals surface area contributed by atoms with Crippen LogP contribution in [0.2, 0.25) is 0 Å². The van der Waals surface area contributed by atoms with E-state index in [9.17, 15) is 9.90 Å². The third kappa shape index (κ3) is 2.33. The van der Waals surface area contributed by atoms with Gasteiger partial charge in [0.2, 0.25) is 0 Å². The Kier molecular flexibility index (Phi) is 2.34. The van der Waals surface area contributed by atoms with E-state index in [1.54, 1.807) is 0 Å². The Balaban J connectivity index is 2.05. The number of hydrogen-bond acceptors (Lipinski definition) is 2. The van der Waals surface area contributed by atoms with Gasteiger partial charge in [0.15, 0.2) is 0 Å². The number of nitrogens with zero attached hydrogens (tertiary/aromatic N) is 1. The Labute approximate surface area is 91.5 Å². The third-order valence-electron chi connectivity index (χ3n) is 3.53. The van der Waals surface area contributed by atoms with Crippen LogP contribution in [0.15, 0.2) is 0 Å². The smallest absolute Gasteiger partial charge is 0.320 e. The van der Waals surface area contributed by atoms with Crippen molar-refractivity contribution < 1.29 is 9.90 Å². The molecule has 0 aromatic rings. The van der Waals surface area contributed by atoms with Gasteiger partial charge in [-0.2, -0.15) is 0 Å². The van der Waals surface area contributed by atoms with Gasteiger partial charge in [-0.15, -0.1) is 0 Å². The van der Waals surface area contributed by atoms with Crippen molar-refractivity contribution in [1.82, 2.24) is 4.90 Å². The fraction of sp³-hybridized carbons (Fsp3) is 0.917. The second-order valence-corrected chi connectivity index (χ2v) is 6.52. The van der Waals surface area contributed by atoms with Gasteiger partial charge in [0.05, 0.1) is 0 Å². The summed E-state index contributed by atoms with van der Waals surface area (Å²) in [6, 6.07) is -0.230. The average molecular weight is 211 g/mol. The van der Waals surface area contributed by atoms with Gasteiger partial charge in [-0.05, 0) is 30.1 Å². The molecule has 3 heteroatoms. The molecular weight excluding hydrogens is 190 g/mol. The number of rotatable bonds is 2. The lowest BCUT2D eigenvalue weighted by Gasteiger charge is -2.29. The van der Waals surface area contributed by atoms with E-state index in [0.717, 1.165) is 19.5 Å². The first-order valence-electron chi connectivity index (χ1n) is 5.78. The molecule has 0 radical (unpaired) electrons. The molecule has 1 spiro atoms. The number of carbonyl (C=O) groups is 1. The standard InChI is InChI=1S/C12H21NO2/c1-11(2,3)7-13-8-12(4-5-12)6-9(13)10(14)15/h9H,4-8H2,1-3H3,(H,14,15). The van der Waals surface area contributed by atoms with E-state index in [-0.39, 0.29) is 11.5 Å². The highest BCUT2D eigenvalue weighted by Gasteiger charge is 2.54. The number of aliphatic carboxylic acids is 1. The van der Waals surface area contributed by atoms with Gasteiger partial charge in [-0.3, -0.25) is 9.69 Å². The molecule has 1 aliphatic carbocycles. The van der Waals surface area contributed by atoms with Crippen LogP contribution in [0.5, 0.6) is 0 Å². The average Bonchev–Trinajstić information content (AvgIpc) is 2.66. The molecular formula is C12H21NO2. The summed E-state index contributed by atoms with van der Waals surface area (Å²) in [6.45, 7) is 8.41. The highest BCUT2D eigenvalue weighted by molar-refractivity contribution is 5.74. The Bertz CT molecular complexity index is 276. The van der Waals surface area contributed by atoms with Crippen LogP contribution < -0.4 is 0 Å². The van der Waals surface area contributed by atoms with Crippen LogP contribution in [-0.4, -0.2) is 35.1 Å². The van der Waals surface area contributed by atoms with Crippen molar-refractivity contribution in [1.29, 1.82) is 0 Å². The molecule has 1 aliphatic heterocycles. The Hall–Kier alpha value is -0.570. The van der Waals surface area contributed by atoms with Gasteiger partial charge in [-0.25, -0.2) is 0 Å². The maximum atomic E-state index is 11.2. The number of carboxylic acid groups (broad SMARTS) is 1. The van der Waals surface area contributed by atoms with Crippen LogP contribution in [-0.2, 0) is 4.79 Å².